The minimum absolute atomic E-state index is 0.0419. The lowest BCUT2D eigenvalue weighted by molar-refractivity contribution is 0.0471. The third-order valence-corrected chi connectivity index (χ3v) is 4.23. The van der Waals surface area contributed by atoms with E-state index in [0.717, 1.165) is 0 Å². The lowest BCUT2D eigenvalue weighted by atomic mass is 10.2. The molecule has 0 bridgehead atoms. The first kappa shape index (κ1) is 14.6. The molecule has 122 valence electrons. The molecule has 3 aromatic rings. The van der Waals surface area contributed by atoms with Crippen LogP contribution in [0.15, 0.2) is 29.1 Å². The molecule has 2 aromatic heterocycles. The lowest BCUT2D eigenvalue weighted by Crippen LogP contribution is -2.14. The van der Waals surface area contributed by atoms with Gasteiger partial charge in [-0.3, -0.25) is 4.79 Å². The number of carbonyl (C=O) groups is 1. The molecule has 0 radical (unpaired) electrons. The summed E-state index contributed by atoms with van der Waals surface area (Å²) in [4.78, 5) is 28.6. The quantitative estimate of drug-likeness (QED) is 0.665. The smallest absolute Gasteiger partial charge is 0.338 e. The van der Waals surface area contributed by atoms with E-state index in [2.05, 4.69) is 10.1 Å². The Morgan fingerprint density at radius 1 is 1.33 bits per heavy atom. The van der Waals surface area contributed by atoms with E-state index in [1.54, 1.807) is 25.1 Å². The molecule has 0 N–H and O–H groups in total. The molecule has 1 aliphatic rings. The van der Waals surface area contributed by atoms with E-state index < -0.39 is 5.97 Å². The van der Waals surface area contributed by atoms with Crippen LogP contribution in [0, 0.1) is 6.92 Å². The van der Waals surface area contributed by atoms with E-state index in [1.165, 1.54) is 21.9 Å². The first-order chi connectivity index (χ1) is 11.6. The van der Waals surface area contributed by atoms with Gasteiger partial charge in [0.25, 0.3) is 5.56 Å². The molecule has 0 saturated heterocycles. The monoisotopic (exact) mass is 345 g/mol. The van der Waals surface area contributed by atoms with Crippen LogP contribution < -0.4 is 15.0 Å². The second-order valence-corrected chi connectivity index (χ2v) is 6.11. The second-order valence-electron chi connectivity index (χ2n) is 5.07. The van der Waals surface area contributed by atoms with Gasteiger partial charge in [0.15, 0.2) is 16.5 Å². The molecule has 0 aliphatic carbocycles. The molecule has 24 heavy (non-hydrogen) atoms. The number of fused-ring (bicyclic) bond motifs is 2. The van der Waals surface area contributed by atoms with Gasteiger partial charge in [-0.25, -0.2) is 9.78 Å². The Hall–Kier alpha value is -2.94. The summed E-state index contributed by atoms with van der Waals surface area (Å²) in [6.45, 7) is 1.83. The summed E-state index contributed by atoms with van der Waals surface area (Å²) in [5.74, 6) is 0.596. The topological polar surface area (TPSA) is 92.0 Å². The van der Waals surface area contributed by atoms with Crippen molar-refractivity contribution in [3.63, 3.8) is 0 Å². The fourth-order valence-electron chi connectivity index (χ4n) is 2.25. The normalized spacial score (nSPS) is 12.5. The summed E-state index contributed by atoms with van der Waals surface area (Å²) < 4.78 is 16.9. The molecule has 3 heterocycles. The predicted molar refractivity (Wildman–Crippen MR) is 83.6 cm³/mol. The van der Waals surface area contributed by atoms with Crippen LogP contribution in [0.1, 0.15) is 21.1 Å². The standard InChI is InChI=1S/C15H11N3O5S/c1-8-4-13(19)18-15(16-8)24-12(17-18)6-21-14(20)9-2-3-10-11(5-9)23-7-22-10/h2-5H,6-7H2,1H3. The molecule has 1 aliphatic heterocycles. The summed E-state index contributed by atoms with van der Waals surface area (Å²) in [6.07, 6.45) is 0. The maximum Gasteiger partial charge on any atom is 0.338 e. The summed E-state index contributed by atoms with van der Waals surface area (Å²) >= 11 is 1.20. The average molecular weight is 345 g/mol. The van der Waals surface area contributed by atoms with Crippen LogP contribution in [0.5, 0.6) is 11.5 Å². The third kappa shape index (κ3) is 2.58. The lowest BCUT2D eigenvalue weighted by Gasteiger charge is -2.03. The Balaban J connectivity index is 1.51. The summed E-state index contributed by atoms with van der Waals surface area (Å²) in [7, 11) is 0. The molecule has 4 rings (SSSR count). The maximum absolute atomic E-state index is 12.1. The first-order valence-electron chi connectivity index (χ1n) is 7.03. The predicted octanol–water partition coefficient (Wildman–Crippen LogP) is 1.55. The number of esters is 1. The van der Waals surface area contributed by atoms with Gasteiger partial charge in [0, 0.05) is 11.8 Å². The molecular formula is C15H11N3O5S. The molecule has 0 saturated carbocycles. The zero-order valence-electron chi connectivity index (χ0n) is 12.5. The molecule has 8 nitrogen and oxygen atoms in total. The van der Waals surface area contributed by atoms with E-state index >= 15 is 0 Å². The van der Waals surface area contributed by atoms with Crippen molar-refractivity contribution in [2.45, 2.75) is 13.5 Å². The molecule has 9 heteroatoms. The van der Waals surface area contributed by atoms with Gasteiger partial charge in [0.05, 0.1) is 5.56 Å². The van der Waals surface area contributed by atoms with Gasteiger partial charge in [-0.2, -0.15) is 9.61 Å². The zero-order valence-corrected chi connectivity index (χ0v) is 13.3. The molecule has 1 aromatic carbocycles. The molecular weight excluding hydrogens is 334 g/mol. The summed E-state index contributed by atoms with van der Waals surface area (Å²) in [5, 5.41) is 4.60. The van der Waals surface area contributed by atoms with Crippen LogP contribution in [-0.2, 0) is 11.3 Å². The van der Waals surface area contributed by atoms with Crippen molar-refractivity contribution in [1.29, 1.82) is 0 Å². The van der Waals surface area contributed by atoms with Crippen LogP contribution in [0.3, 0.4) is 0 Å². The van der Waals surface area contributed by atoms with E-state index in [9.17, 15) is 9.59 Å². The minimum atomic E-state index is -0.510. The molecule has 0 spiro atoms. The van der Waals surface area contributed by atoms with E-state index in [-0.39, 0.29) is 19.0 Å². The number of rotatable bonds is 3. The van der Waals surface area contributed by atoms with Crippen LogP contribution in [0.2, 0.25) is 0 Å². The summed E-state index contributed by atoms with van der Waals surface area (Å²) in [5.41, 5.74) is 0.709. The van der Waals surface area contributed by atoms with Crippen LogP contribution in [-0.4, -0.2) is 27.4 Å². The number of aryl methyl sites for hydroxylation is 1. The SMILES string of the molecule is Cc1cc(=O)n2nc(COC(=O)c3ccc4c(c3)OCO4)sc2n1. The maximum atomic E-state index is 12.1. The number of ether oxygens (including phenoxy) is 3. The Morgan fingerprint density at radius 2 is 2.17 bits per heavy atom. The third-order valence-electron chi connectivity index (χ3n) is 3.35. The number of hydrogen-bond acceptors (Lipinski definition) is 8. The first-order valence-corrected chi connectivity index (χ1v) is 7.85. The number of aromatic nitrogens is 3. The van der Waals surface area contributed by atoms with Crippen molar-refractivity contribution in [2.24, 2.45) is 0 Å². The largest absolute Gasteiger partial charge is 0.455 e. The molecule has 0 amide bonds. The Bertz CT molecular complexity index is 1010. The average Bonchev–Trinajstić information content (AvgIpc) is 3.17. The second kappa shape index (κ2) is 5.60. The fourth-order valence-corrected chi connectivity index (χ4v) is 3.11. The van der Waals surface area contributed by atoms with Crippen molar-refractivity contribution >= 4 is 22.3 Å². The van der Waals surface area contributed by atoms with Crippen molar-refractivity contribution < 1.29 is 19.0 Å². The molecule has 0 unspecified atom stereocenters. The number of benzene rings is 1. The van der Waals surface area contributed by atoms with Gasteiger partial charge >= 0.3 is 5.97 Å². The van der Waals surface area contributed by atoms with Gasteiger partial charge < -0.3 is 14.2 Å². The highest BCUT2D eigenvalue weighted by atomic mass is 32.1. The minimum Gasteiger partial charge on any atom is -0.455 e. The number of hydrogen-bond donors (Lipinski definition) is 0. The van der Waals surface area contributed by atoms with Crippen molar-refractivity contribution in [3.05, 3.63) is 50.9 Å². The summed E-state index contributed by atoms with van der Waals surface area (Å²) in [6, 6.07) is 6.22. The number of nitrogens with zero attached hydrogens (tertiary/aromatic N) is 3. The molecule has 0 atom stereocenters. The highest BCUT2D eigenvalue weighted by Gasteiger charge is 2.17. The highest BCUT2D eigenvalue weighted by Crippen LogP contribution is 2.32. The van der Waals surface area contributed by atoms with Crippen LogP contribution in [0.25, 0.3) is 4.96 Å². The van der Waals surface area contributed by atoms with Crippen molar-refractivity contribution in [3.8, 4) is 11.5 Å². The van der Waals surface area contributed by atoms with Crippen molar-refractivity contribution in [1.82, 2.24) is 14.6 Å². The zero-order chi connectivity index (χ0) is 16.7. The van der Waals surface area contributed by atoms with Gasteiger partial charge in [-0.05, 0) is 25.1 Å². The highest BCUT2D eigenvalue weighted by molar-refractivity contribution is 7.16. The number of carbonyl (C=O) groups excluding carboxylic acids is 1. The van der Waals surface area contributed by atoms with E-state index in [0.29, 0.717) is 32.7 Å². The van der Waals surface area contributed by atoms with Gasteiger partial charge in [0.2, 0.25) is 11.8 Å². The molecule has 0 fully saturated rings. The van der Waals surface area contributed by atoms with Gasteiger partial charge in [0.1, 0.15) is 6.61 Å². The van der Waals surface area contributed by atoms with E-state index in [4.69, 9.17) is 14.2 Å². The van der Waals surface area contributed by atoms with E-state index in [1.807, 2.05) is 0 Å². The fraction of sp³-hybridized carbons (Fsp3) is 0.200. The van der Waals surface area contributed by atoms with Crippen LogP contribution in [0.4, 0.5) is 0 Å². The van der Waals surface area contributed by atoms with Crippen LogP contribution >= 0.6 is 11.3 Å². The Labute approximate surface area is 139 Å². The Kier molecular flexibility index (Phi) is 3.42. The Morgan fingerprint density at radius 3 is 3.04 bits per heavy atom. The van der Waals surface area contributed by atoms with Gasteiger partial charge in [-0.15, -0.1) is 0 Å². The van der Waals surface area contributed by atoms with Gasteiger partial charge in [-0.1, -0.05) is 11.3 Å². The van der Waals surface area contributed by atoms with Crippen molar-refractivity contribution in [2.75, 3.05) is 6.79 Å².